The van der Waals surface area contributed by atoms with Gasteiger partial charge in [-0.25, -0.2) is 19.7 Å². The summed E-state index contributed by atoms with van der Waals surface area (Å²) in [7, 11) is 0. The summed E-state index contributed by atoms with van der Waals surface area (Å²) in [5.74, 6) is -3.82. The van der Waals surface area contributed by atoms with E-state index in [1.54, 1.807) is 6.33 Å². The highest BCUT2D eigenvalue weighted by molar-refractivity contribution is 5.77. The number of nitrogens with two attached hydrogens (primary N) is 1. The second-order valence-electron chi connectivity index (χ2n) is 5.80. The van der Waals surface area contributed by atoms with E-state index in [9.17, 15) is 18.0 Å². The maximum absolute atomic E-state index is 10.9. The molecular weight excluding hydrogens is 395 g/mol. The number of aliphatic carboxylic acids is 2. The largest absolute Gasteiger partial charge is 0.490 e. The Hall–Kier alpha value is -3.54. The Morgan fingerprint density at radius 1 is 1.10 bits per heavy atom. The molecule has 0 saturated carbocycles. The van der Waals surface area contributed by atoms with E-state index >= 15 is 0 Å². The Bertz CT molecular complexity index is 992. The van der Waals surface area contributed by atoms with Gasteiger partial charge in [0.15, 0.2) is 5.65 Å². The first kappa shape index (κ1) is 21.8. The number of rotatable bonds is 5. The number of carboxylic acid groups (broad SMARTS) is 2. The van der Waals surface area contributed by atoms with Gasteiger partial charge in [0.2, 0.25) is 0 Å². The molecule has 0 aliphatic rings. The number of hydrogen-bond donors (Lipinski definition) is 3. The van der Waals surface area contributed by atoms with Crippen LogP contribution < -0.4 is 5.73 Å². The molecule has 9 nitrogen and oxygen atoms in total. The summed E-state index contributed by atoms with van der Waals surface area (Å²) in [6.45, 7) is 0.638. The number of carboxylic acids is 2. The van der Waals surface area contributed by atoms with Gasteiger partial charge < -0.3 is 20.5 Å². The molecule has 2 aromatic heterocycles. The molecule has 1 unspecified atom stereocenters. The number of nitrogens with zero attached hydrogens (tertiary/aromatic N) is 4. The number of hydrogen-bond acceptors (Lipinski definition) is 6. The molecular formula is C17H16F3N5O4. The summed E-state index contributed by atoms with van der Waals surface area (Å²) >= 11 is 0. The van der Waals surface area contributed by atoms with Crippen LogP contribution in [-0.4, -0.2) is 53.9 Å². The van der Waals surface area contributed by atoms with Crippen LogP contribution in [0.3, 0.4) is 0 Å². The molecule has 154 valence electrons. The minimum absolute atomic E-state index is 0.122. The second-order valence-corrected chi connectivity index (χ2v) is 5.80. The van der Waals surface area contributed by atoms with E-state index < -0.39 is 24.2 Å². The number of alkyl halides is 3. The fraction of sp³-hybridized carbons (Fsp3) is 0.235. The van der Waals surface area contributed by atoms with E-state index in [2.05, 4.69) is 15.0 Å². The molecule has 1 atom stereocenters. The van der Waals surface area contributed by atoms with Gasteiger partial charge in [-0.3, -0.25) is 4.79 Å². The van der Waals surface area contributed by atoms with Gasteiger partial charge in [-0.1, -0.05) is 30.3 Å². The Labute approximate surface area is 161 Å². The number of carbonyl (C=O) groups is 2. The lowest BCUT2D eigenvalue weighted by atomic mass is 10.1. The number of imidazole rings is 1. The van der Waals surface area contributed by atoms with Crippen LogP contribution >= 0.6 is 0 Å². The van der Waals surface area contributed by atoms with Crippen molar-refractivity contribution in [1.29, 1.82) is 0 Å². The van der Waals surface area contributed by atoms with Crippen molar-refractivity contribution in [3.63, 3.8) is 0 Å². The molecule has 0 fully saturated rings. The summed E-state index contributed by atoms with van der Waals surface area (Å²) in [5.41, 5.74) is 8.52. The average molecular weight is 411 g/mol. The molecule has 0 aliphatic carbocycles. The van der Waals surface area contributed by atoms with Crippen molar-refractivity contribution in [2.75, 3.05) is 0 Å². The smallest absolute Gasteiger partial charge is 0.480 e. The van der Waals surface area contributed by atoms with Crippen molar-refractivity contribution in [1.82, 2.24) is 19.5 Å². The lowest BCUT2D eigenvalue weighted by molar-refractivity contribution is -0.192. The van der Waals surface area contributed by atoms with Gasteiger partial charge in [-0.05, 0) is 5.56 Å². The summed E-state index contributed by atoms with van der Waals surface area (Å²) < 4.78 is 33.6. The molecule has 1 aromatic carbocycles. The Morgan fingerprint density at radius 3 is 2.28 bits per heavy atom. The third-order valence-electron chi connectivity index (χ3n) is 3.65. The average Bonchev–Trinajstić information content (AvgIpc) is 3.06. The van der Waals surface area contributed by atoms with Gasteiger partial charge in [0.05, 0.1) is 18.6 Å². The van der Waals surface area contributed by atoms with Gasteiger partial charge in [-0.2, -0.15) is 13.2 Å². The van der Waals surface area contributed by atoms with Crippen LogP contribution in [-0.2, 0) is 22.6 Å². The summed E-state index contributed by atoms with van der Waals surface area (Å²) in [4.78, 5) is 32.5. The molecule has 3 aromatic rings. The molecule has 2 heterocycles. The first-order valence-corrected chi connectivity index (χ1v) is 8.06. The fourth-order valence-electron chi connectivity index (χ4n) is 2.27. The molecule has 3 rings (SSSR count). The van der Waals surface area contributed by atoms with E-state index in [0.717, 1.165) is 5.56 Å². The van der Waals surface area contributed by atoms with Crippen LogP contribution in [0.5, 0.6) is 0 Å². The van der Waals surface area contributed by atoms with E-state index in [1.165, 1.54) is 6.33 Å². The van der Waals surface area contributed by atoms with Crippen molar-refractivity contribution in [2.24, 2.45) is 5.73 Å². The molecule has 0 aliphatic heterocycles. The Kier molecular flexibility index (Phi) is 6.83. The van der Waals surface area contributed by atoms with E-state index in [0.29, 0.717) is 23.4 Å². The van der Waals surface area contributed by atoms with Crippen LogP contribution in [0.2, 0.25) is 0 Å². The van der Waals surface area contributed by atoms with Gasteiger partial charge in [0.25, 0.3) is 0 Å². The second kappa shape index (κ2) is 9.10. The van der Waals surface area contributed by atoms with Gasteiger partial charge in [0, 0.05) is 6.42 Å². The predicted molar refractivity (Wildman–Crippen MR) is 93.9 cm³/mol. The zero-order valence-corrected chi connectivity index (χ0v) is 14.7. The lowest BCUT2D eigenvalue weighted by Gasteiger charge is -2.07. The third kappa shape index (κ3) is 5.97. The van der Waals surface area contributed by atoms with Crippen molar-refractivity contribution in [2.45, 2.75) is 25.2 Å². The van der Waals surface area contributed by atoms with Crippen LogP contribution in [0.25, 0.3) is 11.2 Å². The topological polar surface area (TPSA) is 144 Å². The van der Waals surface area contributed by atoms with E-state index in [-0.39, 0.29) is 6.42 Å². The minimum Gasteiger partial charge on any atom is -0.480 e. The predicted octanol–water partition coefficient (Wildman–Crippen LogP) is 1.46. The molecule has 0 bridgehead atoms. The van der Waals surface area contributed by atoms with Crippen LogP contribution in [0.15, 0.2) is 43.0 Å². The van der Waals surface area contributed by atoms with E-state index in [1.807, 2.05) is 34.9 Å². The Morgan fingerprint density at radius 2 is 1.72 bits per heavy atom. The molecule has 4 N–H and O–H groups in total. The molecule has 0 spiro atoms. The first-order valence-electron chi connectivity index (χ1n) is 8.06. The molecule has 0 amide bonds. The first-order chi connectivity index (χ1) is 13.6. The quantitative estimate of drug-likeness (QED) is 0.572. The summed E-state index contributed by atoms with van der Waals surface area (Å²) in [6, 6.07) is 8.95. The summed E-state index contributed by atoms with van der Waals surface area (Å²) in [5, 5.41) is 16.0. The van der Waals surface area contributed by atoms with Crippen molar-refractivity contribution in [3.05, 3.63) is 54.2 Å². The maximum Gasteiger partial charge on any atom is 0.490 e. The molecule has 12 heteroatoms. The third-order valence-corrected chi connectivity index (χ3v) is 3.65. The highest BCUT2D eigenvalue weighted by atomic mass is 19.4. The van der Waals surface area contributed by atoms with Gasteiger partial charge >= 0.3 is 18.1 Å². The van der Waals surface area contributed by atoms with Crippen molar-refractivity contribution >= 4 is 23.1 Å². The molecule has 29 heavy (non-hydrogen) atoms. The summed E-state index contributed by atoms with van der Waals surface area (Å²) in [6.07, 6.45) is -1.87. The fourth-order valence-corrected chi connectivity index (χ4v) is 2.27. The van der Waals surface area contributed by atoms with Crippen LogP contribution in [0.4, 0.5) is 13.2 Å². The SMILES string of the molecule is NC(Cc1ncnc2c1ncn2Cc1ccccc1)C(=O)O.O=C(O)C(F)(F)F. The Balaban J connectivity index is 0.000000370. The normalized spacial score (nSPS) is 12.1. The van der Waals surface area contributed by atoms with Crippen LogP contribution in [0, 0.1) is 0 Å². The zero-order chi connectivity index (χ0) is 21.6. The van der Waals surface area contributed by atoms with Crippen molar-refractivity contribution < 1.29 is 33.0 Å². The molecule has 0 saturated heterocycles. The number of halogens is 3. The van der Waals surface area contributed by atoms with Crippen molar-refractivity contribution in [3.8, 4) is 0 Å². The highest BCUT2D eigenvalue weighted by Gasteiger charge is 2.38. The van der Waals surface area contributed by atoms with Gasteiger partial charge in [0.1, 0.15) is 17.9 Å². The zero-order valence-electron chi connectivity index (χ0n) is 14.7. The van der Waals surface area contributed by atoms with E-state index in [4.69, 9.17) is 20.7 Å². The molecule has 0 radical (unpaired) electrons. The maximum atomic E-state index is 10.9. The highest BCUT2D eigenvalue weighted by Crippen LogP contribution is 2.16. The monoisotopic (exact) mass is 411 g/mol. The standard InChI is InChI=1S/C15H15N5O2.C2HF3O2/c16-11(15(21)22)6-12-13-14(18-8-17-12)20(9-19-13)7-10-4-2-1-3-5-10;3-2(4,5)1(6)7/h1-5,8-9,11H,6-7,16H2,(H,21,22);(H,6,7). The lowest BCUT2D eigenvalue weighted by Crippen LogP contribution is -2.32. The number of benzene rings is 1. The number of aromatic nitrogens is 4. The van der Waals surface area contributed by atoms with Crippen LogP contribution in [0.1, 0.15) is 11.3 Å². The minimum atomic E-state index is -5.08. The van der Waals surface area contributed by atoms with Gasteiger partial charge in [-0.15, -0.1) is 0 Å². The number of fused-ring (bicyclic) bond motifs is 1.